The smallest absolute Gasteiger partial charge is 0.306 e. The maximum atomic E-state index is 13.4. The van der Waals surface area contributed by atoms with Gasteiger partial charge in [0.15, 0.2) is 5.82 Å². The van der Waals surface area contributed by atoms with Gasteiger partial charge in [0.1, 0.15) is 6.04 Å². The summed E-state index contributed by atoms with van der Waals surface area (Å²) in [7, 11) is 0. The Balaban J connectivity index is 1.27. The van der Waals surface area contributed by atoms with Gasteiger partial charge in [0.25, 0.3) is 5.91 Å². The Morgan fingerprint density at radius 1 is 1.14 bits per heavy atom. The molecule has 3 saturated carbocycles. The van der Waals surface area contributed by atoms with Crippen molar-refractivity contribution in [3.8, 4) is 11.8 Å². The number of nitrogens with one attached hydrogen (secondary N) is 1. The van der Waals surface area contributed by atoms with Gasteiger partial charge in [-0.2, -0.15) is 5.10 Å². The Bertz CT molecular complexity index is 1410. The Morgan fingerprint density at radius 3 is 2.50 bits per heavy atom. The molecule has 36 heavy (non-hydrogen) atoms. The van der Waals surface area contributed by atoms with Crippen LogP contribution < -0.4 is 5.32 Å². The van der Waals surface area contributed by atoms with Crippen LogP contribution in [0.2, 0.25) is 0 Å². The molecule has 0 aliphatic heterocycles. The molecular weight excluding hydrogens is 454 g/mol. The van der Waals surface area contributed by atoms with Crippen LogP contribution in [0, 0.1) is 23.2 Å². The second-order valence-corrected chi connectivity index (χ2v) is 10.7. The van der Waals surface area contributed by atoms with E-state index in [2.05, 4.69) is 32.2 Å². The highest BCUT2D eigenvalue weighted by molar-refractivity contribution is 6.07. The Labute approximate surface area is 209 Å². The van der Waals surface area contributed by atoms with Crippen molar-refractivity contribution in [2.24, 2.45) is 11.3 Å². The molecule has 6 rings (SSSR count). The van der Waals surface area contributed by atoms with E-state index in [1.54, 1.807) is 13.1 Å². The number of amides is 1. The molecule has 0 saturated heterocycles. The first-order chi connectivity index (χ1) is 17.4. The topological polar surface area (TPSA) is 110 Å². The number of hydrogen-bond donors (Lipinski definition) is 2. The third-order valence-electron chi connectivity index (χ3n) is 8.14. The summed E-state index contributed by atoms with van der Waals surface area (Å²) in [5.41, 5.74) is 3.36. The van der Waals surface area contributed by atoms with Gasteiger partial charge in [-0.25, -0.2) is 9.97 Å². The largest absolute Gasteiger partial charge is 0.481 e. The molecular formula is C28H29N5O3. The molecule has 2 heterocycles. The Hall–Kier alpha value is -3.73. The van der Waals surface area contributed by atoms with Crippen LogP contribution in [0.5, 0.6) is 0 Å². The average molecular weight is 484 g/mol. The maximum absolute atomic E-state index is 13.4. The van der Waals surface area contributed by atoms with E-state index in [4.69, 9.17) is 0 Å². The van der Waals surface area contributed by atoms with Crippen LogP contribution >= 0.6 is 0 Å². The second-order valence-electron chi connectivity index (χ2n) is 10.7. The van der Waals surface area contributed by atoms with Gasteiger partial charge in [-0.05, 0) is 81.4 Å². The number of rotatable bonds is 6. The highest BCUT2D eigenvalue weighted by atomic mass is 16.4. The molecule has 3 fully saturated rings. The van der Waals surface area contributed by atoms with Crippen LogP contribution in [0.15, 0.2) is 30.7 Å². The number of aromatic nitrogens is 4. The lowest BCUT2D eigenvalue weighted by atomic mass is 9.50. The number of carbonyl (C=O) groups excluding carboxylic acids is 1. The summed E-state index contributed by atoms with van der Waals surface area (Å²) in [5, 5.41) is 17.8. The number of carbonyl (C=O) groups is 2. The molecule has 8 nitrogen and oxygen atoms in total. The first-order valence-electron chi connectivity index (χ1n) is 12.7. The standard InChI is InChI=1S/C28H29N5O3/c1-3-4-18-7-8-22(26(34)32-21-11-28(12-21)9-19(10-28)27(35)36)24-23(18)15-31-33(24)16(2)25-29-13-20(14-30-25)17-5-6-17/h7-8,13-17,19,21H,5-6,9-12H2,1-2H3,(H,32,34)(H,35,36)/t16-,19?,21?,28?/m1/s1. The van der Waals surface area contributed by atoms with Crippen LogP contribution in [0.1, 0.15) is 91.6 Å². The predicted molar refractivity (Wildman–Crippen MR) is 133 cm³/mol. The number of hydrogen-bond acceptors (Lipinski definition) is 5. The van der Waals surface area contributed by atoms with Crippen LogP contribution in [0.3, 0.4) is 0 Å². The molecule has 3 aliphatic rings. The van der Waals surface area contributed by atoms with E-state index in [0.29, 0.717) is 30.1 Å². The number of carboxylic acid groups (broad SMARTS) is 1. The normalized spacial score (nSPS) is 25.4. The van der Waals surface area contributed by atoms with Crippen molar-refractivity contribution in [2.75, 3.05) is 0 Å². The molecule has 8 heteroatoms. The summed E-state index contributed by atoms with van der Waals surface area (Å²) < 4.78 is 1.82. The van der Waals surface area contributed by atoms with Crippen molar-refractivity contribution in [2.45, 2.75) is 70.4 Å². The molecule has 3 aliphatic carbocycles. The summed E-state index contributed by atoms with van der Waals surface area (Å²) in [5.74, 6) is 6.22. The molecule has 3 aromatic rings. The van der Waals surface area contributed by atoms with Gasteiger partial charge >= 0.3 is 5.97 Å². The van der Waals surface area contributed by atoms with E-state index < -0.39 is 5.97 Å². The number of nitrogens with zero attached hydrogens (tertiary/aromatic N) is 4. The fourth-order valence-corrected chi connectivity index (χ4v) is 6.03. The lowest BCUT2D eigenvalue weighted by Crippen LogP contribution is -2.57. The van der Waals surface area contributed by atoms with Gasteiger partial charge in [-0.1, -0.05) is 5.92 Å². The lowest BCUT2D eigenvalue weighted by Gasteiger charge is -2.56. The van der Waals surface area contributed by atoms with Crippen molar-refractivity contribution in [3.05, 3.63) is 53.2 Å². The van der Waals surface area contributed by atoms with E-state index in [-0.39, 0.29) is 29.3 Å². The minimum atomic E-state index is -0.709. The SMILES string of the molecule is CC#Cc1ccc(C(=O)NC2CC3(C2)CC(C(=O)O)C3)c2c1cnn2[C@H](C)c1ncc(C2CC2)cn1. The van der Waals surface area contributed by atoms with Crippen LogP contribution in [-0.2, 0) is 4.79 Å². The summed E-state index contributed by atoms with van der Waals surface area (Å²) >= 11 is 0. The minimum Gasteiger partial charge on any atom is -0.481 e. The van der Waals surface area contributed by atoms with Gasteiger partial charge in [-0.3, -0.25) is 14.3 Å². The first-order valence-corrected chi connectivity index (χ1v) is 12.7. The third kappa shape index (κ3) is 3.83. The highest BCUT2D eigenvalue weighted by Gasteiger charge is 2.55. The van der Waals surface area contributed by atoms with E-state index in [1.807, 2.05) is 36.1 Å². The van der Waals surface area contributed by atoms with Crippen molar-refractivity contribution in [1.82, 2.24) is 25.1 Å². The van der Waals surface area contributed by atoms with Crippen LogP contribution in [0.4, 0.5) is 0 Å². The maximum Gasteiger partial charge on any atom is 0.306 e. The Kier molecular flexibility index (Phi) is 5.32. The molecule has 1 spiro atoms. The zero-order valence-corrected chi connectivity index (χ0v) is 20.5. The molecule has 0 radical (unpaired) electrons. The number of carboxylic acids is 1. The summed E-state index contributed by atoms with van der Waals surface area (Å²) in [6.45, 7) is 3.78. The van der Waals surface area contributed by atoms with Gasteiger partial charge in [-0.15, -0.1) is 5.92 Å². The van der Waals surface area contributed by atoms with E-state index in [0.717, 1.165) is 29.3 Å². The van der Waals surface area contributed by atoms with Crippen molar-refractivity contribution in [1.29, 1.82) is 0 Å². The highest BCUT2D eigenvalue weighted by Crippen LogP contribution is 2.58. The third-order valence-corrected chi connectivity index (χ3v) is 8.14. The predicted octanol–water partition coefficient (Wildman–Crippen LogP) is 4.06. The molecule has 2 aromatic heterocycles. The average Bonchev–Trinajstić information content (AvgIpc) is 3.57. The van der Waals surface area contributed by atoms with Crippen molar-refractivity contribution in [3.63, 3.8) is 0 Å². The molecule has 1 atom stereocenters. The van der Waals surface area contributed by atoms with Crippen molar-refractivity contribution < 1.29 is 14.7 Å². The van der Waals surface area contributed by atoms with Gasteiger partial charge in [0, 0.05) is 29.4 Å². The lowest BCUT2D eigenvalue weighted by molar-refractivity contribution is -0.155. The summed E-state index contributed by atoms with van der Waals surface area (Å²) in [6, 6.07) is 3.49. The van der Waals surface area contributed by atoms with E-state index in [1.165, 1.54) is 18.4 Å². The van der Waals surface area contributed by atoms with E-state index in [9.17, 15) is 14.7 Å². The molecule has 0 unspecified atom stereocenters. The van der Waals surface area contributed by atoms with Crippen LogP contribution in [-0.4, -0.2) is 42.8 Å². The summed E-state index contributed by atoms with van der Waals surface area (Å²) in [6.07, 6.45) is 11.1. The number of fused-ring (bicyclic) bond motifs is 1. The Morgan fingerprint density at radius 2 is 1.86 bits per heavy atom. The fraction of sp³-hybridized carbons (Fsp3) is 0.464. The van der Waals surface area contributed by atoms with Gasteiger partial charge in [0.2, 0.25) is 0 Å². The molecule has 184 valence electrons. The number of aliphatic carboxylic acids is 1. The van der Waals surface area contributed by atoms with Gasteiger partial charge < -0.3 is 10.4 Å². The zero-order chi connectivity index (χ0) is 25.0. The zero-order valence-electron chi connectivity index (χ0n) is 20.5. The van der Waals surface area contributed by atoms with E-state index >= 15 is 0 Å². The molecule has 1 aromatic carbocycles. The quantitative estimate of drug-likeness (QED) is 0.512. The summed E-state index contributed by atoms with van der Waals surface area (Å²) in [4.78, 5) is 33.8. The molecule has 0 bridgehead atoms. The molecule has 2 N–H and O–H groups in total. The fourth-order valence-electron chi connectivity index (χ4n) is 6.03. The van der Waals surface area contributed by atoms with Gasteiger partial charge in [0.05, 0.1) is 23.2 Å². The van der Waals surface area contributed by atoms with Crippen molar-refractivity contribution >= 4 is 22.8 Å². The van der Waals surface area contributed by atoms with Crippen LogP contribution in [0.25, 0.3) is 10.9 Å². The second kappa shape index (κ2) is 8.44. The first kappa shape index (κ1) is 22.7. The molecule has 1 amide bonds. The minimum absolute atomic E-state index is 0.0597. The number of benzene rings is 1. The monoisotopic (exact) mass is 483 g/mol.